The number of furan rings is 1. The van der Waals surface area contributed by atoms with Gasteiger partial charge in [-0.15, -0.1) is 0 Å². The predicted molar refractivity (Wildman–Crippen MR) is 92.5 cm³/mol. The number of hydrogen-bond donors (Lipinski definition) is 0. The minimum atomic E-state index is -0.319. The molecule has 0 spiro atoms. The molecule has 0 aliphatic carbocycles. The largest absolute Gasteiger partial charge is 0.454 e. The number of nitrogens with zero attached hydrogens (tertiary/aromatic N) is 1. The van der Waals surface area contributed by atoms with Gasteiger partial charge < -0.3 is 18.8 Å². The van der Waals surface area contributed by atoms with E-state index >= 15 is 0 Å². The van der Waals surface area contributed by atoms with E-state index in [1.165, 1.54) is 12.1 Å². The number of fused-ring (bicyclic) bond motifs is 1. The molecule has 0 saturated carbocycles. The normalized spacial score (nSPS) is 12.2. The molecule has 1 aromatic heterocycles. The second kappa shape index (κ2) is 6.55. The first-order valence-electron chi connectivity index (χ1n) is 8.10. The molecule has 0 bridgehead atoms. The van der Waals surface area contributed by atoms with Gasteiger partial charge in [0.1, 0.15) is 11.6 Å². The van der Waals surface area contributed by atoms with Crippen LogP contribution in [0.25, 0.3) is 11.3 Å². The highest BCUT2D eigenvalue weighted by Gasteiger charge is 2.19. The molecule has 3 aromatic rings. The number of carbonyl (C=O) groups is 1. The average molecular weight is 353 g/mol. The van der Waals surface area contributed by atoms with Crippen LogP contribution in [0.3, 0.4) is 0 Å². The summed E-state index contributed by atoms with van der Waals surface area (Å²) < 4.78 is 29.3. The fourth-order valence-electron chi connectivity index (χ4n) is 2.80. The molecule has 0 atom stereocenters. The molecular formula is C20H16FNO4. The van der Waals surface area contributed by atoms with Gasteiger partial charge in [0.05, 0.1) is 0 Å². The van der Waals surface area contributed by atoms with Crippen LogP contribution in [-0.4, -0.2) is 24.6 Å². The van der Waals surface area contributed by atoms with Crippen molar-refractivity contribution in [3.05, 3.63) is 71.7 Å². The van der Waals surface area contributed by atoms with Gasteiger partial charge >= 0.3 is 0 Å². The molecule has 0 N–H and O–H groups in total. The Balaban J connectivity index is 1.48. The maximum absolute atomic E-state index is 13.0. The zero-order chi connectivity index (χ0) is 18.1. The highest BCUT2D eigenvalue weighted by Crippen LogP contribution is 2.33. The Bertz CT molecular complexity index is 949. The molecular weight excluding hydrogens is 337 g/mol. The van der Waals surface area contributed by atoms with Crippen LogP contribution in [0.2, 0.25) is 0 Å². The van der Waals surface area contributed by atoms with Crippen LogP contribution in [0.4, 0.5) is 4.39 Å². The zero-order valence-electron chi connectivity index (χ0n) is 14.1. The maximum atomic E-state index is 13.0. The Labute approximate surface area is 149 Å². The Morgan fingerprint density at radius 3 is 2.62 bits per heavy atom. The van der Waals surface area contributed by atoms with Crippen LogP contribution in [0.1, 0.15) is 16.1 Å². The van der Waals surface area contributed by atoms with Gasteiger partial charge in [0, 0.05) is 19.2 Å². The molecule has 0 unspecified atom stereocenters. The Hall–Kier alpha value is -3.28. The van der Waals surface area contributed by atoms with Gasteiger partial charge in [-0.3, -0.25) is 4.79 Å². The Morgan fingerprint density at radius 2 is 1.81 bits per heavy atom. The summed E-state index contributed by atoms with van der Waals surface area (Å²) in [6, 6.07) is 14.8. The standard InChI is InChI=1S/C20H16FNO4/c1-22(11-13-2-7-17-19(10-13)25-12-24-17)20(23)18-9-8-16(26-18)14-3-5-15(21)6-4-14/h2-10H,11-12H2,1H3. The van der Waals surface area contributed by atoms with E-state index in [-0.39, 0.29) is 24.3 Å². The molecule has 132 valence electrons. The van der Waals surface area contributed by atoms with E-state index in [2.05, 4.69) is 0 Å². The van der Waals surface area contributed by atoms with E-state index in [1.54, 1.807) is 36.2 Å². The van der Waals surface area contributed by atoms with E-state index in [9.17, 15) is 9.18 Å². The monoisotopic (exact) mass is 353 g/mol. The minimum Gasteiger partial charge on any atom is -0.454 e. The molecule has 1 aliphatic rings. The number of halogens is 1. The summed E-state index contributed by atoms with van der Waals surface area (Å²) >= 11 is 0. The smallest absolute Gasteiger partial charge is 0.289 e. The van der Waals surface area contributed by atoms with Crippen molar-refractivity contribution in [3.8, 4) is 22.8 Å². The number of amides is 1. The summed E-state index contributed by atoms with van der Waals surface area (Å²) in [4.78, 5) is 14.2. The molecule has 5 nitrogen and oxygen atoms in total. The summed E-state index contributed by atoms with van der Waals surface area (Å²) in [6.45, 7) is 0.619. The average Bonchev–Trinajstić information content (AvgIpc) is 3.30. The van der Waals surface area contributed by atoms with Crippen molar-refractivity contribution in [1.29, 1.82) is 0 Å². The lowest BCUT2D eigenvalue weighted by Gasteiger charge is -2.16. The minimum absolute atomic E-state index is 0.214. The highest BCUT2D eigenvalue weighted by molar-refractivity contribution is 5.91. The number of hydrogen-bond acceptors (Lipinski definition) is 4. The predicted octanol–water partition coefficient (Wildman–Crippen LogP) is 4.09. The zero-order valence-corrected chi connectivity index (χ0v) is 14.1. The van der Waals surface area contributed by atoms with Crippen LogP contribution in [0, 0.1) is 5.82 Å². The molecule has 1 amide bonds. The molecule has 4 rings (SSSR count). The second-order valence-corrected chi connectivity index (χ2v) is 6.02. The van der Waals surface area contributed by atoms with Crippen LogP contribution < -0.4 is 9.47 Å². The van der Waals surface area contributed by atoms with Crippen molar-refractivity contribution in [2.75, 3.05) is 13.8 Å². The Morgan fingerprint density at radius 1 is 1.04 bits per heavy atom. The van der Waals surface area contributed by atoms with Crippen molar-refractivity contribution in [1.82, 2.24) is 4.90 Å². The van der Waals surface area contributed by atoms with Gasteiger partial charge in [0.15, 0.2) is 17.3 Å². The quantitative estimate of drug-likeness (QED) is 0.709. The number of ether oxygens (including phenoxy) is 2. The summed E-state index contributed by atoms with van der Waals surface area (Å²) in [7, 11) is 1.70. The third kappa shape index (κ3) is 3.13. The lowest BCUT2D eigenvalue weighted by molar-refractivity contribution is 0.0754. The van der Waals surface area contributed by atoms with Crippen molar-refractivity contribution >= 4 is 5.91 Å². The van der Waals surface area contributed by atoms with Crippen LogP contribution in [-0.2, 0) is 6.54 Å². The lowest BCUT2D eigenvalue weighted by atomic mass is 10.2. The van der Waals surface area contributed by atoms with Gasteiger partial charge in [-0.25, -0.2) is 4.39 Å². The van der Waals surface area contributed by atoms with Crippen molar-refractivity contribution in [3.63, 3.8) is 0 Å². The number of rotatable bonds is 4. The first-order valence-corrected chi connectivity index (χ1v) is 8.10. The van der Waals surface area contributed by atoms with Crippen molar-refractivity contribution < 1.29 is 23.1 Å². The van der Waals surface area contributed by atoms with Crippen LogP contribution in [0.5, 0.6) is 11.5 Å². The van der Waals surface area contributed by atoms with Gasteiger partial charge in [-0.2, -0.15) is 0 Å². The van der Waals surface area contributed by atoms with Crippen LogP contribution >= 0.6 is 0 Å². The molecule has 1 aliphatic heterocycles. The third-order valence-electron chi connectivity index (χ3n) is 4.15. The summed E-state index contributed by atoms with van der Waals surface area (Å²) in [5, 5.41) is 0. The lowest BCUT2D eigenvalue weighted by Crippen LogP contribution is -2.25. The first kappa shape index (κ1) is 16.2. The molecule has 0 saturated heterocycles. The van der Waals surface area contributed by atoms with Gasteiger partial charge in [-0.05, 0) is 54.1 Å². The summed E-state index contributed by atoms with van der Waals surface area (Å²) in [6.07, 6.45) is 0. The summed E-state index contributed by atoms with van der Waals surface area (Å²) in [5.41, 5.74) is 1.64. The van der Waals surface area contributed by atoms with Gasteiger partial charge in [-0.1, -0.05) is 6.07 Å². The fraction of sp³-hybridized carbons (Fsp3) is 0.150. The fourth-order valence-corrected chi connectivity index (χ4v) is 2.80. The first-order chi connectivity index (χ1) is 12.6. The molecule has 0 radical (unpaired) electrons. The highest BCUT2D eigenvalue weighted by atomic mass is 19.1. The van der Waals surface area contributed by atoms with Crippen LogP contribution in [0.15, 0.2) is 59.0 Å². The van der Waals surface area contributed by atoms with Crippen molar-refractivity contribution in [2.24, 2.45) is 0 Å². The van der Waals surface area contributed by atoms with E-state index in [4.69, 9.17) is 13.9 Å². The molecule has 2 aromatic carbocycles. The number of benzene rings is 2. The maximum Gasteiger partial charge on any atom is 0.289 e. The molecule has 0 fully saturated rings. The topological polar surface area (TPSA) is 51.9 Å². The van der Waals surface area contributed by atoms with Crippen molar-refractivity contribution in [2.45, 2.75) is 6.54 Å². The Kier molecular flexibility index (Phi) is 4.08. The third-order valence-corrected chi connectivity index (χ3v) is 4.15. The van der Waals surface area contributed by atoms with Gasteiger partial charge in [0.25, 0.3) is 5.91 Å². The molecule has 2 heterocycles. The van der Waals surface area contributed by atoms with E-state index in [1.807, 2.05) is 18.2 Å². The number of carbonyl (C=O) groups excluding carboxylic acids is 1. The SMILES string of the molecule is CN(Cc1ccc2c(c1)OCO2)C(=O)c1ccc(-c2ccc(F)cc2)o1. The molecule has 6 heteroatoms. The van der Waals surface area contributed by atoms with E-state index < -0.39 is 0 Å². The second-order valence-electron chi connectivity index (χ2n) is 6.02. The van der Waals surface area contributed by atoms with E-state index in [0.717, 1.165) is 5.56 Å². The van der Waals surface area contributed by atoms with Gasteiger partial charge in [0.2, 0.25) is 6.79 Å². The van der Waals surface area contributed by atoms with E-state index in [0.29, 0.717) is 29.4 Å². The summed E-state index contributed by atoms with van der Waals surface area (Å²) in [5.74, 6) is 1.58. The molecule has 26 heavy (non-hydrogen) atoms.